The highest BCUT2D eigenvalue weighted by atomic mass is 32.2. The van der Waals surface area contributed by atoms with Gasteiger partial charge in [-0.2, -0.15) is 0 Å². The molecule has 0 radical (unpaired) electrons. The Morgan fingerprint density at radius 1 is 1.29 bits per heavy atom. The third kappa shape index (κ3) is 3.53. The average molecular weight is 393 g/mol. The summed E-state index contributed by atoms with van der Waals surface area (Å²) >= 11 is 1.60. The van der Waals surface area contributed by atoms with Gasteiger partial charge in [0.15, 0.2) is 5.16 Å². The van der Waals surface area contributed by atoms with Crippen LogP contribution in [-0.2, 0) is 18.4 Å². The Hall–Kier alpha value is -3.06. The second-order valence-electron chi connectivity index (χ2n) is 6.30. The maximum absolute atomic E-state index is 12.0. The Balaban J connectivity index is 1.77. The number of aromatic nitrogens is 3. The molecule has 4 rings (SSSR count). The fourth-order valence-electron chi connectivity index (χ4n) is 3.14. The zero-order chi connectivity index (χ0) is 19.5. The molecule has 0 atom stereocenters. The van der Waals surface area contributed by atoms with Gasteiger partial charge >= 0.3 is 5.97 Å². The molecule has 1 aliphatic rings. The lowest BCUT2D eigenvalue weighted by atomic mass is 9.93. The lowest BCUT2D eigenvalue weighted by molar-refractivity contribution is 0.0600. The number of hydrogen-bond acceptors (Lipinski definition) is 6. The molecule has 28 heavy (non-hydrogen) atoms. The maximum Gasteiger partial charge on any atom is 0.337 e. The summed E-state index contributed by atoms with van der Waals surface area (Å²) in [5.41, 5.74) is 4.61. The zero-order valence-electron chi connectivity index (χ0n) is 15.6. The molecule has 1 aliphatic heterocycles. The van der Waals surface area contributed by atoms with E-state index in [0.29, 0.717) is 17.9 Å². The van der Waals surface area contributed by atoms with Crippen LogP contribution in [0.25, 0.3) is 5.57 Å². The Bertz CT molecular complexity index is 1060. The van der Waals surface area contributed by atoms with Crippen molar-refractivity contribution in [1.82, 2.24) is 14.8 Å². The molecular formula is C21H19N3O3S. The van der Waals surface area contributed by atoms with Crippen molar-refractivity contribution in [2.24, 2.45) is 7.05 Å². The first-order valence-corrected chi connectivity index (χ1v) is 9.76. The first-order valence-electron chi connectivity index (χ1n) is 8.78. The fraction of sp³-hybridized carbons (Fsp3) is 0.190. The van der Waals surface area contributed by atoms with Crippen molar-refractivity contribution >= 4 is 23.3 Å². The average Bonchev–Trinajstić information content (AvgIpc) is 3.06. The van der Waals surface area contributed by atoms with Gasteiger partial charge in [0.1, 0.15) is 18.7 Å². The van der Waals surface area contributed by atoms with Crippen molar-refractivity contribution in [2.45, 2.75) is 11.8 Å². The summed E-state index contributed by atoms with van der Waals surface area (Å²) in [5, 5.41) is 8.88. The molecule has 0 unspecified atom stereocenters. The van der Waals surface area contributed by atoms with Crippen molar-refractivity contribution in [3.05, 3.63) is 77.1 Å². The van der Waals surface area contributed by atoms with Crippen LogP contribution in [0, 0.1) is 0 Å². The first-order chi connectivity index (χ1) is 13.7. The summed E-state index contributed by atoms with van der Waals surface area (Å²) in [6.45, 7) is 0.481. The van der Waals surface area contributed by atoms with E-state index in [1.807, 2.05) is 35.9 Å². The van der Waals surface area contributed by atoms with E-state index in [1.54, 1.807) is 24.2 Å². The number of benzene rings is 2. The topological polar surface area (TPSA) is 66.2 Å². The molecule has 2 aromatic carbocycles. The molecule has 0 N–H and O–H groups in total. The van der Waals surface area contributed by atoms with Gasteiger partial charge in [-0.25, -0.2) is 4.79 Å². The number of thioether (sulfide) groups is 1. The second-order valence-corrected chi connectivity index (χ2v) is 7.29. The van der Waals surface area contributed by atoms with E-state index >= 15 is 0 Å². The van der Waals surface area contributed by atoms with Gasteiger partial charge in [0.2, 0.25) is 0 Å². The fourth-order valence-corrected chi connectivity index (χ4v) is 3.90. The number of ether oxygens (including phenoxy) is 2. The molecule has 0 aliphatic carbocycles. The summed E-state index contributed by atoms with van der Waals surface area (Å²) in [5.74, 6) is 1.09. The molecule has 0 amide bonds. The van der Waals surface area contributed by atoms with Crippen LogP contribution in [-0.4, -0.2) is 33.6 Å². The minimum atomic E-state index is -0.367. The molecule has 0 bridgehead atoms. The van der Waals surface area contributed by atoms with Crippen molar-refractivity contribution in [3.63, 3.8) is 0 Å². The number of aryl methyl sites for hydroxylation is 1. The van der Waals surface area contributed by atoms with E-state index in [4.69, 9.17) is 9.47 Å². The van der Waals surface area contributed by atoms with E-state index in [-0.39, 0.29) is 5.97 Å². The second kappa shape index (κ2) is 7.90. The Morgan fingerprint density at radius 2 is 2.14 bits per heavy atom. The van der Waals surface area contributed by atoms with Crippen molar-refractivity contribution in [1.29, 1.82) is 0 Å². The highest BCUT2D eigenvalue weighted by molar-refractivity contribution is 7.99. The first kappa shape index (κ1) is 18.3. The number of hydrogen-bond donors (Lipinski definition) is 0. The van der Waals surface area contributed by atoms with Gasteiger partial charge in [0.25, 0.3) is 0 Å². The molecule has 3 aromatic rings. The third-order valence-corrected chi connectivity index (χ3v) is 5.51. The van der Waals surface area contributed by atoms with Crippen LogP contribution < -0.4 is 4.74 Å². The predicted octanol–water partition coefficient (Wildman–Crippen LogP) is 3.72. The number of nitrogens with zero attached hydrogens (tertiary/aromatic N) is 3. The van der Waals surface area contributed by atoms with Crippen molar-refractivity contribution in [2.75, 3.05) is 12.9 Å². The van der Waals surface area contributed by atoms with Crippen LogP contribution in [0.15, 0.2) is 60.0 Å². The van der Waals surface area contributed by atoms with Gasteiger partial charge in [0.05, 0.1) is 12.7 Å². The molecule has 0 saturated heterocycles. The van der Waals surface area contributed by atoms with Crippen LogP contribution in [0.1, 0.15) is 27.0 Å². The number of carbonyl (C=O) groups is 1. The zero-order valence-corrected chi connectivity index (χ0v) is 16.4. The molecule has 0 fully saturated rings. The lowest BCUT2D eigenvalue weighted by Crippen LogP contribution is -2.02. The molecule has 2 heterocycles. The normalized spacial score (nSPS) is 14.0. The molecule has 0 spiro atoms. The molecule has 7 heteroatoms. The lowest BCUT2D eigenvalue weighted by Gasteiger charge is -2.12. The van der Waals surface area contributed by atoms with Crippen LogP contribution >= 0.6 is 11.8 Å². The van der Waals surface area contributed by atoms with E-state index < -0.39 is 0 Å². The molecule has 142 valence electrons. The molecular weight excluding hydrogens is 374 g/mol. The smallest absolute Gasteiger partial charge is 0.337 e. The number of esters is 1. The molecule has 0 saturated carbocycles. The van der Waals surface area contributed by atoms with Crippen molar-refractivity contribution < 1.29 is 14.3 Å². The summed E-state index contributed by atoms with van der Waals surface area (Å²) in [6, 6.07) is 13.6. The highest BCUT2D eigenvalue weighted by Gasteiger charge is 2.21. The summed E-state index contributed by atoms with van der Waals surface area (Å²) in [4.78, 5) is 12.0. The van der Waals surface area contributed by atoms with Gasteiger partial charge in [0, 0.05) is 18.4 Å². The van der Waals surface area contributed by atoms with E-state index in [2.05, 4.69) is 28.4 Å². The monoisotopic (exact) mass is 393 g/mol. The SMILES string of the molecule is COC(=O)c1ccc2c(c1)C(=CCSc1nncn1C)c1ccccc1CO2. The van der Waals surface area contributed by atoms with Gasteiger partial charge in [-0.05, 0) is 34.9 Å². The van der Waals surface area contributed by atoms with Crippen molar-refractivity contribution in [3.8, 4) is 5.75 Å². The van der Waals surface area contributed by atoms with E-state index in [0.717, 1.165) is 33.2 Å². The summed E-state index contributed by atoms with van der Waals surface area (Å²) in [6.07, 6.45) is 3.83. The summed E-state index contributed by atoms with van der Waals surface area (Å²) < 4.78 is 12.8. The Morgan fingerprint density at radius 3 is 2.93 bits per heavy atom. The van der Waals surface area contributed by atoms with Gasteiger partial charge < -0.3 is 14.0 Å². The van der Waals surface area contributed by atoms with Gasteiger partial charge in [-0.1, -0.05) is 42.1 Å². The van der Waals surface area contributed by atoms with Gasteiger partial charge in [-0.3, -0.25) is 0 Å². The molecule has 1 aromatic heterocycles. The minimum absolute atomic E-state index is 0.367. The number of fused-ring (bicyclic) bond motifs is 2. The largest absolute Gasteiger partial charge is 0.488 e. The van der Waals surface area contributed by atoms with Crippen LogP contribution in [0.3, 0.4) is 0 Å². The summed E-state index contributed by atoms with van der Waals surface area (Å²) in [7, 11) is 3.30. The van der Waals surface area contributed by atoms with Gasteiger partial charge in [-0.15, -0.1) is 10.2 Å². The number of methoxy groups -OCH3 is 1. The predicted molar refractivity (Wildman–Crippen MR) is 107 cm³/mol. The minimum Gasteiger partial charge on any atom is -0.488 e. The Kier molecular flexibility index (Phi) is 5.16. The quantitative estimate of drug-likeness (QED) is 0.497. The van der Waals surface area contributed by atoms with E-state index in [9.17, 15) is 4.79 Å². The van der Waals surface area contributed by atoms with Crippen LogP contribution in [0.5, 0.6) is 5.75 Å². The highest BCUT2D eigenvalue weighted by Crippen LogP contribution is 2.37. The molecule has 6 nitrogen and oxygen atoms in total. The van der Waals surface area contributed by atoms with E-state index in [1.165, 1.54) is 7.11 Å². The Labute approximate surface area is 167 Å². The standard InChI is InChI=1S/C21H19N3O3S/c1-24-13-22-23-21(24)28-10-9-17-16-6-4-3-5-15(16)12-27-19-8-7-14(11-18(17)19)20(25)26-2/h3-9,11,13H,10,12H2,1-2H3. The maximum atomic E-state index is 12.0. The van der Waals surface area contributed by atoms with Crippen LogP contribution in [0.2, 0.25) is 0 Å². The number of carbonyl (C=O) groups excluding carboxylic acids is 1. The third-order valence-electron chi connectivity index (χ3n) is 4.55. The van der Waals surface area contributed by atoms with Crippen LogP contribution in [0.4, 0.5) is 0 Å². The number of rotatable bonds is 4.